The second-order valence-electron chi connectivity index (χ2n) is 6.18. The lowest BCUT2D eigenvalue weighted by Gasteiger charge is -2.22. The van der Waals surface area contributed by atoms with E-state index in [1.807, 2.05) is 18.2 Å². The van der Waals surface area contributed by atoms with Gasteiger partial charge >= 0.3 is 0 Å². The Balaban J connectivity index is 2.09. The first-order chi connectivity index (χ1) is 10.0. The number of ether oxygens (including phenoxy) is 1. The molecule has 1 aromatic carbocycles. The molecule has 0 aliphatic rings. The lowest BCUT2D eigenvalue weighted by atomic mass is 9.86. The average molecular weight is 287 g/mol. The quantitative estimate of drug-likeness (QED) is 0.861. The van der Waals surface area contributed by atoms with E-state index in [2.05, 4.69) is 45.1 Å². The molecule has 2 aromatic rings. The SMILES string of the molecule is CCNCc1occc1COc1ccccc1C(C)(C)C. The molecule has 2 rings (SSSR count). The predicted molar refractivity (Wildman–Crippen MR) is 85.6 cm³/mol. The third-order valence-corrected chi connectivity index (χ3v) is 3.45. The van der Waals surface area contributed by atoms with Crippen molar-refractivity contribution < 1.29 is 9.15 Å². The maximum Gasteiger partial charge on any atom is 0.124 e. The molecule has 3 nitrogen and oxygen atoms in total. The van der Waals surface area contributed by atoms with Gasteiger partial charge in [0.25, 0.3) is 0 Å². The summed E-state index contributed by atoms with van der Waals surface area (Å²) >= 11 is 0. The van der Waals surface area contributed by atoms with E-state index in [1.165, 1.54) is 5.56 Å². The first kappa shape index (κ1) is 15.6. The first-order valence-corrected chi connectivity index (χ1v) is 7.50. The van der Waals surface area contributed by atoms with Crippen LogP contribution in [0, 0.1) is 0 Å². The number of furan rings is 1. The molecule has 0 radical (unpaired) electrons. The lowest BCUT2D eigenvalue weighted by molar-refractivity contribution is 0.293. The zero-order chi connectivity index (χ0) is 15.3. The Morgan fingerprint density at radius 3 is 2.62 bits per heavy atom. The fourth-order valence-electron chi connectivity index (χ4n) is 2.26. The van der Waals surface area contributed by atoms with Gasteiger partial charge in [0.05, 0.1) is 12.8 Å². The summed E-state index contributed by atoms with van der Waals surface area (Å²) in [6.45, 7) is 10.9. The summed E-state index contributed by atoms with van der Waals surface area (Å²) in [4.78, 5) is 0. The molecule has 0 fully saturated rings. The van der Waals surface area contributed by atoms with E-state index < -0.39 is 0 Å². The molecule has 0 bridgehead atoms. The molecule has 0 atom stereocenters. The van der Waals surface area contributed by atoms with E-state index in [0.717, 1.165) is 30.2 Å². The molecule has 0 unspecified atom stereocenters. The van der Waals surface area contributed by atoms with Crippen LogP contribution in [0.25, 0.3) is 0 Å². The molecule has 0 spiro atoms. The van der Waals surface area contributed by atoms with E-state index in [9.17, 15) is 0 Å². The number of benzene rings is 1. The second kappa shape index (κ2) is 6.81. The molecule has 1 N–H and O–H groups in total. The van der Waals surface area contributed by atoms with Crippen LogP contribution in [0.3, 0.4) is 0 Å². The highest BCUT2D eigenvalue weighted by Gasteiger charge is 2.18. The van der Waals surface area contributed by atoms with Crippen molar-refractivity contribution in [1.82, 2.24) is 5.32 Å². The van der Waals surface area contributed by atoms with Crippen molar-refractivity contribution in [2.75, 3.05) is 6.54 Å². The molecule has 21 heavy (non-hydrogen) atoms. The van der Waals surface area contributed by atoms with E-state index in [1.54, 1.807) is 6.26 Å². The van der Waals surface area contributed by atoms with Crippen LogP contribution >= 0.6 is 0 Å². The minimum atomic E-state index is 0.0690. The molecule has 3 heteroatoms. The van der Waals surface area contributed by atoms with Crippen molar-refractivity contribution in [3.8, 4) is 5.75 Å². The van der Waals surface area contributed by atoms with Crippen molar-refractivity contribution in [2.45, 2.75) is 46.3 Å². The Bertz CT molecular complexity index is 567. The first-order valence-electron chi connectivity index (χ1n) is 7.50. The summed E-state index contributed by atoms with van der Waals surface area (Å²) < 4.78 is 11.6. The monoisotopic (exact) mass is 287 g/mol. The molecule has 114 valence electrons. The Morgan fingerprint density at radius 2 is 1.90 bits per heavy atom. The van der Waals surface area contributed by atoms with Gasteiger partial charge in [0.2, 0.25) is 0 Å². The Morgan fingerprint density at radius 1 is 1.14 bits per heavy atom. The third kappa shape index (κ3) is 4.11. The second-order valence-corrected chi connectivity index (χ2v) is 6.18. The minimum Gasteiger partial charge on any atom is -0.488 e. The van der Waals surface area contributed by atoms with Gasteiger partial charge in [-0.05, 0) is 29.7 Å². The molecule has 1 heterocycles. The average Bonchev–Trinajstić information content (AvgIpc) is 2.89. The lowest BCUT2D eigenvalue weighted by Crippen LogP contribution is -2.14. The summed E-state index contributed by atoms with van der Waals surface area (Å²) in [5.41, 5.74) is 2.39. The van der Waals surface area contributed by atoms with Gasteiger partial charge in [0.15, 0.2) is 0 Å². The van der Waals surface area contributed by atoms with Crippen molar-refractivity contribution >= 4 is 0 Å². The highest BCUT2D eigenvalue weighted by molar-refractivity contribution is 5.38. The maximum atomic E-state index is 6.04. The number of nitrogens with one attached hydrogen (secondary N) is 1. The third-order valence-electron chi connectivity index (χ3n) is 3.45. The van der Waals surface area contributed by atoms with Crippen LogP contribution in [0.15, 0.2) is 41.0 Å². The van der Waals surface area contributed by atoms with Crippen LogP contribution in [0.4, 0.5) is 0 Å². The van der Waals surface area contributed by atoms with Gasteiger partial charge in [-0.3, -0.25) is 0 Å². The van der Waals surface area contributed by atoms with Gasteiger partial charge in [-0.15, -0.1) is 0 Å². The number of rotatable bonds is 6. The molecular formula is C18H25NO2. The molecule has 0 saturated carbocycles. The molecule has 0 aliphatic heterocycles. The number of hydrogen-bond acceptors (Lipinski definition) is 3. The fraction of sp³-hybridized carbons (Fsp3) is 0.444. The fourth-order valence-corrected chi connectivity index (χ4v) is 2.26. The van der Waals surface area contributed by atoms with Crippen LogP contribution in [-0.4, -0.2) is 6.54 Å². The number of hydrogen-bond donors (Lipinski definition) is 1. The smallest absolute Gasteiger partial charge is 0.124 e. The summed E-state index contributed by atoms with van der Waals surface area (Å²) in [6, 6.07) is 10.2. The Labute approximate surface area is 127 Å². The molecule has 0 aliphatic carbocycles. The summed E-state index contributed by atoms with van der Waals surface area (Å²) in [5.74, 6) is 1.89. The zero-order valence-corrected chi connectivity index (χ0v) is 13.4. The normalized spacial score (nSPS) is 11.6. The van der Waals surface area contributed by atoms with Gasteiger partial charge in [0, 0.05) is 5.56 Å². The summed E-state index contributed by atoms with van der Waals surface area (Å²) in [7, 11) is 0. The molecular weight excluding hydrogens is 262 g/mol. The van der Waals surface area contributed by atoms with Gasteiger partial charge in [-0.25, -0.2) is 0 Å². The van der Waals surface area contributed by atoms with Crippen molar-refractivity contribution in [1.29, 1.82) is 0 Å². The van der Waals surface area contributed by atoms with Gasteiger partial charge in [-0.1, -0.05) is 45.9 Å². The van der Waals surface area contributed by atoms with E-state index in [4.69, 9.17) is 9.15 Å². The van der Waals surface area contributed by atoms with Gasteiger partial charge in [0.1, 0.15) is 18.1 Å². The predicted octanol–water partition coefficient (Wildman–Crippen LogP) is 4.27. The van der Waals surface area contributed by atoms with Crippen LogP contribution in [0.2, 0.25) is 0 Å². The van der Waals surface area contributed by atoms with Gasteiger partial charge < -0.3 is 14.5 Å². The minimum absolute atomic E-state index is 0.0690. The van der Waals surface area contributed by atoms with Crippen molar-refractivity contribution in [3.05, 3.63) is 53.5 Å². The maximum absolute atomic E-state index is 6.04. The Hall–Kier alpha value is -1.74. The molecule has 1 aromatic heterocycles. The standard InChI is InChI=1S/C18H25NO2/c1-5-19-12-17-14(10-11-20-17)13-21-16-9-7-6-8-15(16)18(2,3)4/h6-11,19H,5,12-13H2,1-4H3. The van der Waals surface area contributed by atoms with Crippen LogP contribution in [0.1, 0.15) is 44.6 Å². The zero-order valence-electron chi connectivity index (χ0n) is 13.4. The highest BCUT2D eigenvalue weighted by Crippen LogP contribution is 2.31. The number of para-hydroxylation sites is 1. The largest absolute Gasteiger partial charge is 0.488 e. The molecule has 0 amide bonds. The summed E-state index contributed by atoms with van der Waals surface area (Å²) in [6.07, 6.45) is 1.72. The molecule has 0 saturated heterocycles. The highest BCUT2D eigenvalue weighted by atomic mass is 16.5. The van der Waals surface area contributed by atoms with Crippen LogP contribution < -0.4 is 10.1 Å². The van der Waals surface area contributed by atoms with E-state index >= 15 is 0 Å². The van der Waals surface area contributed by atoms with Crippen molar-refractivity contribution in [3.63, 3.8) is 0 Å². The van der Waals surface area contributed by atoms with Crippen molar-refractivity contribution in [2.24, 2.45) is 0 Å². The van der Waals surface area contributed by atoms with Crippen LogP contribution in [0.5, 0.6) is 5.75 Å². The Kier molecular flexibility index (Phi) is 5.07. The topological polar surface area (TPSA) is 34.4 Å². The van der Waals surface area contributed by atoms with Crippen LogP contribution in [-0.2, 0) is 18.6 Å². The van der Waals surface area contributed by atoms with E-state index in [0.29, 0.717) is 6.61 Å². The van der Waals surface area contributed by atoms with Gasteiger partial charge in [-0.2, -0.15) is 0 Å². The summed E-state index contributed by atoms with van der Waals surface area (Å²) in [5, 5.41) is 3.28. The van der Waals surface area contributed by atoms with E-state index in [-0.39, 0.29) is 5.41 Å².